The van der Waals surface area contributed by atoms with Crippen LogP contribution < -0.4 is 5.32 Å². The maximum absolute atomic E-state index is 12.5. The molecular formula is C15H14BrN5OS. The number of fused-ring (bicyclic) bond motifs is 1. The summed E-state index contributed by atoms with van der Waals surface area (Å²) in [6, 6.07) is 7.50. The Morgan fingerprint density at radius 3 is 2.83 bits per heavy atom. The third-order valence-electron chi connectivity index (χ3n) is 3.22. The third kappa shape index (κ3) is 3.70. The van der Waals surface area contributed by atoms with Crippen LogP contribution in [0.5, 0.6) is 0 Å². The summed E-state index contributed by atoms with van der Waals surface area (Å²) in [6.45, 7) is 1.98. The zero-order valence-corrected chi connectivity index (χ0v) is 14.7. The van der Waals surface area contributed by atoms with Crippen LogP contribution in [0.3, 0.4) is 0 Å². The third-order valence-corrected chi connectivity index (χ3v) is 5.11. The van der Waals surface area contributed by atoms with Crippen LogP contribution in [0, 0.1) is 0 Å². The number of nitrogens with zero attached hydrogens (tertiary/aromatic N) is 3. The van der Waals surface area contributed by atoms with Gasteiger partial charge in [-0.1, -0.05) is 34.6 Å². The fourth-order valence-electron chi connectivity index (χ4n) is 2.05. The maximum Gasteiger partial charge on any atom is 0.237 e. The standard InChI is InChI=1S/C15H14BrN5OS/c1-2-11(14(22)21-10-5-3-9(16)4-6-10)23-15-12-13(18-7-17-12)19-8-20-15/h3-8,11H,2H2,1H3,(H,21,22)(H,17,18,19,20)/t11-/m0/s1. The summed E-state index contributed by atoms with van der Waals surface area (Å²) in [6.07, 6.45) is 3.73. The Labute approximate surface area is 145 Å². The first-order chi connectivity index (χ1) is 11.2. The van der Waals surface area contributed by atoms with E-state index >= 15 is 0 Å². The molecule has 0 aliphatic carbocycles. The van der Waals surface area contributed by atoms with Crippen LogP contribution in [0.25, 0.3) is 11.2 Å². The summed E-state index contributed by atoms with van der Waals surface area (Å²) in [5.74, 6) is -0.0499. The van der Waals surface area contributed by atoms with Crippen LogP contribution in [0.15, 0.2) is 46.4 Å². The molecule has 0 aliphatic rings. The zero-order chi connectivity index (χ0) is 16.2. The number of thioether (sulfide) groups is 1. The number of carbonyl (C=O) groups excluding carboxylic acids is 1. The number of rotatable bonds is 5. The van der Waals surface area contributed by atoms with Gasteiger partial charge in [0.1, 0.15) is 16.9 Å². The Morgan fingerprint density at radius 1 is 1.30 bits per heavy atom. The molecule has 3 rings (SSSR count). The van der Waals surface area contributed by atoms with Crippen LogP contribution in [-0.2, 0) is 4.79 Å². The number of carbonyl (C=O) groups is 1. The molecule has 118 valence electrons. The minimum absolute atomic E-state index is 0.0499. The number of aromatic amines is 1. The van der Waals surface area contributed by atoms with Gasteiger partial charge in [0.2, 0.25) is 5.91 Å². The highest BCUT2D eigenvalue weighted by Gasteiger charge is 2.20. The number of benzene rings is 1. The van der Waals surface area contributed by atoms with Crippen molar-refractivity contribution in [2.45, 2.75) is 23.6 Å². The Balaban J connectivity index is 1.75. The molecular weight excluding hydrogens is 378 g/mol. The maximum atomic E-state index is 12.5. The molecule has 1 amide bonds. The zero-order valence-electron chi connectivity index (χ0n) is 12.3. The van der Waals surface area contributed by atoms with E-state index in [9.17, 15) is 4.79 Å². The van der Waals surface area contributed by atoms with Crippen molar-refractivity contribution in [2.75, 3.05) is 5.32 Å². The predicted molar refractivity (Wildman–Crippen MR) is 94.4 cm³/mol. The van der Waals surface area contributed by atoms with Gasteiger partial charge in [-0.05, 0) is 30.7 Å². The van der Waals surface area contributed by atoms with E-state index in [1.54, 1.807) is 6.33 Å². The number of hydrogen-bond acceptors (Lipinski definition) is 5. The Hall–Kier alpha value is -1.93. The number of hydrogen-bond donors (Lipinski definition) is 2. The number of anilines is 1. The fourth-order valence-corrected chi connectivity index (χ4v) is 3.29. The molecule has 8 heteroatoms. The average Bonchev–Trinajstić information content (AvgIpc) is 3.04. The SMILES string of the molecule is CC[C@H](Sc1ncnc2nc[nH]c12)C(=O)Nc1ccc(Br)cc1. The van der Waals surface area contributed by atoms with E-state index < -0.39 is 0 Å². The smallest absolute Gasteiger partial charge is 0.237 e. The molecule has 0 radical (unpaired) electrons. The van der Waals surface area contributed by atoms with Crippen LogP contribution in [0.4, 0.5) is 5.69 Å². The molecule has 0 saturated heterocycles. The number of aromatic nitrogens is 4. The van der Waals surface area contributed by atoms with E-state index in [-0.39, 0.29) is 11.2 Å². The van der Waals surface area contributed by atoms with Gasteiger partial charge in [0.15, 0.2) is 5.65 Å². The Bertz CT molecular complexity index is 820. The summed E-state index contributed by atoms with van der Waals surface area (Å²) in [4.78, 5) is 28.0. The van der Waals surface area contributed by atoms with Crippen molar-refractivity contribution in [2.24, 2.45) is 0 Å². The lowest BCUT2D eigenvalue weighted by atomic mass is 10.3. The summed E-state index contributed by atoms with van der Waals surface area (Å²) in [5, 5.41) is 3.41. The lowest BCUT2D eigenvalue weighted by Crippen LogP contribution is -2.24. The fraction of sp³-hybridized carbons (Fsp3) is 0.200. The van der Waals surface area contributed by atoms with Gasteiger partial charge in [-0.2, -0.15) is 0 Å². The Kier molecular flexibility index (Phi) is 4.92. The monoisotopic (exact) mass is 391 g/mol. The molecule has 1 aromatic carbocycles. The van der Waals surface area contributed by atoms with Crippen molar-refractivity contribution in [1.29, 1.82) is 0 Å². The number of halogens is 1. The molecule has 0 saturated carbocycles. The molecule has 2 heterocycles. The lowest BCUT2D eigenvalue weighted by molar-refractivity contribution is -0.115. The van der Waals surface area contributed by atoms with E-state index in [1.807, 2.05) is 31.2 Å². The number of imidazole rings is 1. The molecule has 0 fully saturated rings. The molecule has 0 bridgehead atoms. The summed E-state index contributed by atoms with van der Waals surface area (Å²) >= 11 is 4.79. The van der Waals surface area contributed by atoms with Gasteiger partial charge in [0.05, 0.1) is 11.6 Å². The molecule has 1 atom stereocenters. The van der Waals surface area contributed by atoms with Gasteiger partial charge in [-0.15, -0.1) is 0 Å². The highest BCUT2D eigenvalue weighted by Crippen LogP contribution is 2.28. The minimum Gasteiger partial charge on any atom is -0.341 e. The normalized spacial score (nSPS) is 12.3. The van der Waals surface area contributed by atoms with Crippen molar-refractivity contribution in [1.82, 2.24) is 19.9 Å². The van der Waals surface area contributed by atoms with Crippen LogP contribution >= 0.6 is 27.7 Å². The van der Waals surface area contributed by atoms with Crippen molar-refractivity contribution in [3.63, 3.8) is 0 Å². The number of nitrogens with one attached hydrogen (secondary N) is 2. The second-order valence-electron chi connectivity index (χ2n) is 4.79. The second-order valence-corrected chi connectivity index (χ2v) is 6.90. The summed E-state index contributed by atoms with van der Waals surface area (Å²) < 4.78 is 0.972. The van der Waals surface area contributed by atoms with Gasteiger partial charge in [0.25, 0.3) is 0 Å². The van der Waals surface area contributed by atoms with Crippen molar-refractivity contribution in [3.05, 3.63) is 41.4 Å². The van der Waals surface area contributed by atoms with Crippen molar-refractivity contribution >= 4 is 50.5 Å². The Morgan fingerprint density at radius 2 is 2.09 bits per heavy atom. The number of amides is 1. The molecule has 0 spiro atoms. The molecule has 0 unspecified atom stereocenters. The molecule has 2 N–H and O–H groups in total. The first kappa shape index (κ1) is 15.9. The minimum atomic E-state index is -0.250. The quantitative estimate of drug-likeness (QED) is 0.512. The van der Waals surface area contributed by atoms with Crippen molar-refractivity contribution < 1.29 is 4.79 Å². The van der Waals surface area contributed by atoms with Crippen molar-refractivity contribution in [3.8, 4) is 0 Å². The van der Waals surface area contributed by atoms with Crippen LogP contribution in [0.2, 0.25) is 0 Å². The highest BCUT2D eigenvalue weighted by atomic mass is 79.9. The molecule has 3 aromatic rings. The lowest BCUT2D eigenvalue weighted by Gasteiger charge is -2.14. The topological polar surface area (TPSA) is 83.6 Å². The first-order valence-corrected chi connectivity index (χ1v) is 8.72. The van der Waals surface area contributed by atoms with E-state index in [4.69, 9.17) is 0 Å². The highest BCUT2D eigenvalue weighted by molar-refractivity contribution is 9.10. The number of H-pyrrole nitrogens is 1. The van der Waals surface area contributed by atoms with E-state index in [1.165, 1.54) is 18.1 Å². The van der Waals surface area contributed by atoms with Gasteiger partial charge in [-0.3, -0.25) is 4.79 Å². The molecule has 6 nitrogen and oxygen atoms in total. The van der Waals surface area contributed by atoms with E-state index in [0.717, 1.165) is 20.7 Å². The second kappa shape index (κ2) is 7.10. The van der Waals surface area contributed by atoms with Gasteiger partial charge < -0.3 is 10.3 Å². The predicted octanol–water partition coefficient (Wildman–Crippen LogP) is 3.62. The summed E-state index contributed by atoms with van der Waals surface area (Å²) in [5.41, 5.74) is 2.13. The largest absolute Gasteiger partial charge is 0.341 e. The average molecular weight is 392 g/mol. The van der Waals surface area contributed by atoms with E-state index in [0.29, 0.717) is 12.1 Å². The van der Waals surface area contributed by atoms with Gasteiger partial charge >= 0.3 is 0 Å². The van der Waals surface area contributed by atoms with Gasteiger partial charge in [-0.25, -0.2) is 15.0 Å². The summed E-state index contributed by atoms with van der Waals surface area (Å²) in [7, 11) is 0. The molecule has 2 aromatic heterocycles. The van der Waals surface area contributed by atoms with Crippen LogP contribution in [0.1, 0.15) is 13.3 Å². The van der Waals surface area contributed by atoms with E-state index in [2.05, 4.69) is 41.2 Å². The van der Waals surface area contributed by atoms with Crippen LogP contribution in [-0.4, -0.2) is 31.1 Å². The first-order valence-electron chi connectivity index (χ1n) is 7.04. The molecule has 0 aliphatic heterocycles. The van der Waals surface area contributed by atoms with Gasteiger partial charge in [0, 0.05) is 10.2 Å². The molecule has 23 heavy (non-hydrogen) atoms.